The fourth-order valence-electron chi connectivity index (χ4n) is 4.65. The molecule has 3 aromatic carbocycles. The Morgan fingerprint density at radius 1 is 0.654 bits per heavy atom. The van der Waals surface area contributed by atoms with Crippen LogP contribution in [-0.4, -0.2) is 85.6 Å². The highest BCUT2D eigenvalue weighted by molar-refractivity contribution is 7.89. The van der Waals surface area contributed by atoms with E-state index in [0.29, 0.717) is 8.61 Å². The molecule has 0 unspecified atom stereocenters. The van der Waals surface area contributed by atoms with Crippen LogP contribution in [0, 0.1) is 43.9 Å². The van der Waals surface area contributed by atoms with E-state index in [0.717, 1.165) is 24.3 Å². The first kappa shape index (κ1) is 40.8. The summed E-state index contributed by atoms with van der Waals surface area (Å²) in [6, 6.07) is 12.7. The predicted octanol–water partition coefficient (Wildman–Crippen LogP) is 3.49. The third kappa shape index (κ3) is 9.56. The van der Waals surface area contributed by atoms with Crippen LogP contribution < -0.4 is 0 Å². The summed E-state index contributed by atoms with van der Waals surface area (Å²) in [6.45, 7) is 4.25. The van der Waals surface area contributed by atoms with Crippen molar-refractivity contribution in [3.05, 3.63) is 104 Å². The molecule has 0 N–H and O–H groups in total. The van der Waals surface area contributed by atoms with E-state index in [4.69, 9.17) is 9.47 Å². The lowest BCUT2D eigenvalue weighted by Gasteiger charge is -2.25. The molecule has 0 spiro atoms. The first-order valence-electron chi connectivity index (χ1n) is 15.5. The summed E-state index contributed by atoms with van der Waals surface area (Å²) in [5.41, 5.74) is -0.888. The van der Waals surface area contributed by atoms with Gasteiger partial charge < -0.3 is 9.47 Å². The second kappa shape index (κ2) is 18.0. The number of nitrogens with zero attached hydrogens (tertiary/aromatic N) is 4. The number of para-hydroxylation sites is 2. The minimum Gasteiger partial charge on any atom is -0.465 e. The van der Waals surface area contributed by atoms with Crippen LogP contribution >= 0.6 is 0 Å². The van der Waals surface area contributed by atoms with Gasteiger partial charge in [-0.2, -0.15) is 8.61 Å². The second-order valence-electron chi connectivity index (χ2n) is 10.6. The maximum atomic E-state index is 13.7. The molecular weight excluding hydrogens is 721 g/mol. The van der Waals surface area contributed by atoms with Gasteiger partial charge in [0.05, 0.1) is 36.1 Å². The number of nitro groups is 2. The van der Waals surface area contributed by atoms with Crippen molar-refractivity contribution in [3.63, 3.8) is 0 Å². The molecule has 3 aromatic rings. The summed E-state index contributed by atoms with van der Waals surface area (Å²) in [5.74, 6) is 9.09. The zero-order chi connectivity index (χ0) is 38.6. The van der Waals surface area contributed by atoms with Gasteiger partial charge in [0.15, 0.2) is 9.79 Å². The summed E-state index contributed by atoms with van der Waals surface area (Å²) in [6.07, 6.45) is 0. The quantitative estimate of drug-likeness (QED) is 0.100. The van der Waals surface area contributed by atoms with Gasteiger partial charge >= 0.3 is 11.9 Å². The Morgan fingerprint density at radius 2 is 0.981 bits per heavy atom. The molecule has 18 heteroatoms. The maximum Gasteiger partial charge on any atom is 0.324 e. The molecule has 0 fully saturated rings. The topological polar surface area (TPSA) is 214 Å². The van der Waals surface area contributed by atoms with Crippen molar-refractivity contribution in [2.75, 3.05) is 26.3 Å². The Kier molecular flexibility index (Phi) is 14.1. The fraction of sp³-hybridized carbons (Fsp3) is 0.294. The average Bonchev–Trinajstić information content (AvgIpc) is 3.11. The summed E-state index contributed by atoms with van der Waals surface area (Å²) in [7, 11) is -9.35. The van der Waals surface area contributed by atoms with Gasteiger partial charge in [-0.15, -0.1) is 0 Å². The number of esters is 2. The fourth-order valence-corrected chi connectivity index (χ4v) is 7.95. The minimum atomic E-state index is -4.67. The molecule has 0 amide bonds. The van der Waals surface area contributed by atoms with E-state index in [1.54, 1.807) is 12.1 Å². The molecule has 274 valence electrons. The molecule has 0 saturated carbocycles. The van der Waals surface area contributed by atoms with E-state index in [1.165, 1.54) is 64.1 Å². The third-order valence-corrected chi connectivity index (χ3v) is 11.2. The Balaban J connectivity index is 2.03. The van der Waals surface area contributed by atoms with Crippen molar-refractivity contribution >= 4 is 43.4 Å². The highest BCUT2D eigenvalue weighted by atomic mass is 32.2. The minimum absolute atomic E-state index is 0.0557. The van der Waals surface area contributed by atoms with Crippen molar-refractivity contribution < 1.29 is 45.7 Å². The Bertz CT molecular complexity index is 2030. The molecule has 16 nitrogen and oxygen atoms in total. The molecule has 0 heterocycles. The number of benzene rings is 3. The van der Waals surface area contributed by atoms with E-state index in [1.807, 2.05) is 0 Å². The number of carbonyl (C=O) groups is 2. The largest absolute Gasteiger partial charge is 0.465 e. The number of ether oxygens (including phenoxy) is 2. The molecule has 0 aromatic heterocycles. The standard InChI is InChI=1S/C34H34N4O12S2/c1-5-49-33(39)25(3)35(51(45,46)31-21-11-9-19-29(31)37(41)42)23-13-17-27-15-7-8-16-28(27)18-14-24-36(26(4)34(40)50-6-2)52(47,48)32-22-12-10-20-30(32)38(43)44/h7-12,15-16,19-22,25-26H,5-6,23-24H2,1-4H3/t25-,26-/m0/s1. The van der Waals surface area contributed by atoms with Gasteiger partial charge in [0.2, 0.25) is 0 Å². The number of rotatable bonds is 14. The van der Waals surface area contributed by atoms with E-state index in [9.17, 15) is 46.7 Å². The summed E-state index contributed by atoms with van der Waals surface area (Å²) in [5, 5.41) is 23.3. The lowest BCUT2D eigenvalue weighted by Crippen LogP contribution is -2.44. The summed E-state index contributed by atoms with van der Waals surface area (Å²) >= 11 is 0. The number of hydrogen-bond donors (Lipinski definition) is 0. The molecule has 0 aliphatic heterocycles. The number of carbonyl (C=O) groups excluding carboxylic acids is 2. The molecule has 2 atom stereocenters. The van der Waals surface area contributed by atoms with Crippen LogP contribution in [0.15, 0.2) is 82.6 Å². The normalized spacial score (nSPS) is 12.4. The van der Waals surface area contributed by atoms with Crippen LogP contribution in [0.2, 0.25) is 0 Å². The monoisotopic (exact) mass is 754 g/mol. The summed E-state index contributed by atoms with van der Waals surface area (Å²) < 4.78 is 66.2. The highest BCUT2D eigenvalue weighted by Crippen LogP contribution is 2.29. The van der Waals surface area contributed by atoms with Crippen molar-refractivity contribution in [1.29, 1.82) is 0 Å². The first-order chi connectivity index (χ1) is 24.6. The van der Waals surface area contributed by atoms with Crippen molar-refractivity contribution in [2.45, 2.75) is 49.6 Å². The third-order valence-electron chi connectivity index (χ3n) is 7.26. The van der Waals surface area contributed by atoms with Crippen molar-refractivity contribution in [1.82, 2.24) is 8.61 Å². The Labute approximate surface area is 300 Å². The van der Waals surface area contributed by atoms with Gasteiger partial charge in [-0.1, -0.05) is 60.1 Å². The summed E-state index contributed by atoms with van der Waals surface area (Å²) in [4.78, 5) is 45.5. The van der Waals surface area contributed by atoms with Gasteiger partial charge in [0, 0.05) is 23.3 Å². The zero-order valence-electron chi connectivity index (χ0n) is 28.4. The molecule has 0 bridgehead atoms. The van der Waals surface area contributed by atoms with E-state index in [-0.39, 0.29) is 24.3 Å². The molecule has 0 aliphatic carbocycles. The molecule has 0 saturated heterocycles. The van der Waals surface area contributed by atoms with Crippen LogP contribution in [0.25, 0.3) is 0 Å². The lowest BCUT2D eigenvalue weighted by atomic mass is 10.1. The predicted molar refractivity (Wildman–Crippen MR) is 186 cm³/mol. The zero-order valence-corrected chi connectivity index (χ0v) is 30.0. The first-order valence-corrected chi connectivity index (χ1v) is 18.4. The SMILES string of the molecule is CCOC(=O)[C@H](C)N(CC#Cc1ccccc1C#CCN([C@@H](C)C(=O)OCC)S(=O)(=O)c1ccccc1[N+](=O)[O-])S(=O)(=O)c1ccccc1[N+](=O)[O-]. The van der Waals surface area contributed by atoms with Crippen LogP contribution in [0.1, 0.15) is 38.8 Å². The van der Waals surface area contributed by atoms with Gasteiger partial charge in [-0.3, -0.25) is 29.8 Å². The van der Waals surface area contributed by atoms with Gasteiger partial charge in [-0.25, -0.2) is 16.8 Å². The van der Waals surface area contributed by atoms with Crippen LogP contribution in [0.5, 0.6) is 0 Å². The molecule has 3 rings (SSSR count). The van der Waals surface area contributed by atoms with Gasteiger partial charge in [-0.05, 0) is 52.0 Å². The second-order valence-corrected chi connectivity index (χ2v) is 14.3. The smallest absolute Gasteiger partial charge is 0.324 e. The van der Waals surface area contributed by atoms with Crippen molar-refractivity contribution in [3.8, 4) is 23.7 Å². The van der Waals surface area contributed by atoms with E-state index >= 15 is 0 Å². The van der Waals surface area contributed by atoms with Gasteiger partial charge in [0.1, 0.15) is 12.1 Å². The number of nitro benzene ring substituents is 2. The highest BCUT2D eigenvalue weighted by Gasteiger charge is 2.38. The molecular formula is C34H34N4O12S2. The van der Waals surface area contributed by atoms with Crippen LogP contribution in [0.3, 0.4) is 0 Å². The number of sulfonamides is 2. The van der Waals surface area contributed by atoms with E-state index in [2.05, 4.69) is 23.7 Å². The van der Waals surface area contributed by atoms with E-state index < -0.39 is 88.2 Å². The number of hydrogen-bond acceptors (Lipinski definition) is 12. The Hall–Kier alpha value is -5.66. The lowest BCUT2D eigenvalue weighted by molar-refractivity contribution is -0.388. The van der Waals surface area contributed by atoms with Crippen LogP contribution in [-0.2, 0) is 39.1 Å². The Morgan fingerprint density at radius 3 is 1.31 bits per heavy atom. The average molecular weight is 755 g/mol. The van der Waals surface area contributed by atoms with Gasteiger partial charge in [0.25, 0.3) is 31.4 Å². The molecule has 0 radical (unpaired) electrons. The maximum absolute atomic E-state index is 13.7. The van der Waals surface area contributed by atoms with Crippen LogP contribution in [0.4, 0.5) is 11.4 Å². The molecule has 52 heavy (non-hydrogen) atoms. The molecule has 0 aliphatic rings. The van der Waals surface area contributed by atoms with Crippen molar-refractivity contribution in [2.24, 2.45) is 0 Å².